The summed E-state index contributed by atoms with van der Waals surface area (Å²) >= 11 is 0. The number of aliphatic hydroxyl groups is 1. The number of nitrogens with zero attached hydrogens (tertiary/aromatic N) is 2. The van der Waals surface area contributed by atoms with Crippen LogP contribution in [0.25, 0.3) is 0 Å². The van der Waals surface area contributed by atoms with Crippen LogP contribution >= 0.6 is 16.3 Å². The average Bonchev–Trinajstić information content (AvgIpc) is 2.89. The molecule has 7 N–H and O–H groups in total. The predicted octanol–water partition coefficient (Wildman–Crippen LogP) is -1.79. The fourth-order valence-electron chi connectivity index (χ4n) is 1.16. The summed E-state index contributed by atoms with van der Waals surface area (Å²) in [5, 5.41) is 7.44. The summed E-state index contributed by atoms with van der Waals surface area (Å²) < 4.78 is 5.73. The maximum atomic E-state index is 10.2. The van der Waals surface area contributed by atoms with Gasteiger partial charge in [0.25, 0.3) is 0 Å². The summed E-state index contributed by atoms with van der Waals surface area (Å²) in [6.07, 6.45) is 3.99. The van der Waals surface area contributed by atoms with Gasteiger partial charge in [-0.05, 0) is 0 Å². The topological polar surface area (TPSA) is 171 Å². The van der Waals surface area contributed by atoms with E-state index in [4.69, 9.17) is 0 Å². The molecule has 0 radical (unpaired) electrons. The quantitative estimate of drug-likeness (QED) is 0.145. The fraction of sp³-hybridized carbons (Fsp3) is 0.571. The van der Waals surface area contributed by atoms with Crippen molar-refractivity contribution in [2.75, 3.05) is 6.61 Å². The number of imidazole rings is 1. The number of rotatable bonds is 10. The minimum atomic E-state index is -5.19. The molecule has 0 bridgehead atoms. The molecule has 0 saturated heterocycles. The van der Waals surface area contributed by atoms with Crippen molar-refractivity contribution in [3.63, 3.8) is 0 Å². The SMILES string of the molecule is CCONONO[P@](O)C(O)(Cn1ccnc1)[PH](O)(O)O. The van der Waals surface area contributed by atoms with Gasteiger partial charge in [0, 0.05) is 0 Å². The van der Waals surface area contributed by atoms with Gasteiger partial charge in [-0.25, -0.2) is 0 Å². The van der Waals surface area contributed by atoms with Crippen molar-refractivity contribution in [3.05, 3.63) is 18.7 Å². The van der Waals surface area contributed by atoms with Crippen LogP contribution in [-0.2, 0) is 20.9 Å². The Morgan fingerprint density at radius 1 is 1.38 bits per heavy atom. The second-order valence-electron chi connectivity index (χ2n) is 3.75. The molecule has 1 aromatic rings. The van der Waals surface area contributed by atoms with Gasteiger partial charge in [0.05, 0.1) is 0 Å². The van der Waals surface area contributed by atoms with Crippen molar-refractivity contribution < 1.29 is 39.1 Å². The van der Waals surface area contributed by atoms with Crippen molar-refractivity contribution in [2.24, 2.45) is 0 Å². The standard InChI is InChI=1S/C7H18N4O8P2/c1-2-17-9-18-10-19-20(13)7(12,21(14,15)16)5-11-4-3-8-6-11/h3-4,6,9-10,12-16,21H,2,5H2,1H3/t7?,20-/m0/s1. The van der Waals surface area contributed by atoms with Gasteiger partial charge in [-0.15, -0.1) is 0 Å². The van der Waals surface area contributed by atoms with Crippen LogP contribution < -0.4 is 11.3 Å². The monoisotopic (exact) mass is 348 g/mol. The Morgan fingerprint density at radius 3 is 2.62 bits per heavy atom. The summed E-state index contributed by atoms with van der Waals surface area (Å²) in [4.78, 5) is 50.5. The molecule has 1 unspecified atom stereocenters. The van der Waals surface area contributed by atoms with E-state index in [2.05, 4.69) is 19.4 Å². The first-order valence-corrected chi connectivity index (χ1v) is 8.65. The van der Waals surface area contributed by atoms with Crippen LogP contribution in [0.4, 0.5) is 0 Å². The van der Waals surface area contributed by atoms with Crippen LogP contribution in [0, 0.1) is 0 Å². The van der Waals surface area contributed by atoms with E-state index in [9.17, 15) is 24.7 Å². The van der Waals surface area contributed by atoms with E-state index in [1.54, 1.807) is 12.6 Å². The van der Waals surface area contributed by atoms with E-state index < -0.39 is 27.9 Å². The number of aromatic nitrogens is 2. The molecule has 1 heterocycles. The minimum absolute atomic E-state index is 0.278. The Hall–Kier alpha value is -0.330. The van der Waals surface area contributed by atoms with Gasteiger partial charge in [0.2, 0.25) is 0 Å². The number of hydrogen-bond acceptors (Lipinski definition) is 11. The molecule has 12 nitrogen and oxygen atoms in total. The molecule has 0 spiro atoms. The maximum absolute atomic E-state index is 10.2. The van der Waals surface area contributed by atoms with Gasteiger partial charge in [-0.3, -0.25) is 0 Å². The Labute approximate surface area is 121 Å². The van der Waals surface area contributed by atoms with E-state index in [1.165, 1.54) is 23.3 Å². The first kappa shape index (κ1) is 18.7. The second kappa shape index (κ2) is 8.34. The van der Waals surface area contributed by atoms with E-state index >= 15 is 0 Å². The van der Waals surface area contributed by atoms with Crippen LogP contribution in [0.5, 0.6) is 0 Å². The summed E-state index contributed by atoms with van der Waals surface area (Å²) in [5.74, 6) is 0. The van der Waals surface area contributed by atoms with Crippen LogP contribution in [0.2, 0.25) is 0 Å². The molecule has 0 aromatic carbocycles. The molecule has 1 rings (SSSR count). The first-order chi connectivity index (χ1) is 9.81. The van der Waals surface area contributed by atoms with Gasteiger partial charge in [0.1, 0.15) is 0 Å². The first-order valence-electron chi connectivity index (χ1n) is 5.60. The van der Waals surface area contributed by atoms with Gasteiger partial charge < -0.3 is 0 Å². The molecule has 124 valence electrons. The fourth-order valence-corrected chi connectivity index (χ4v) is 3.27. The summed E-state index contributed by atoms with van der Waals surface area (Å²) in [6.45, 7) is 1.38. The predicted molar refractivity (Wildman–Crippen MR) is 71.4 cm³/mol. The molecule has 14 heteroatoms. The second-order valence-corrected chi connectivity index (χ2v) is 7.74. The Morgan fingerprint density at radius 2 is 2.10 bits per heavy atom. The Bertz CT molecular complexity index is 404. The van der Waals surface area contributed by atoms with E-state index in [0.29, 0.717) is 0 Å². The van der Waals surface area contributed by atoms with Crippen molar-refractivity contribution in [2.45, 2.75) is 18.6 Å². The Kier molecular flexibility index (Phi) is 7.44. The van der Waals surface area contributed by atoms with E-state index in [-0.39, 0.29) is 6.61 Å². The molecule has 0 aliphatic carbocycles. The van der Waals surface area contributed by atoms with Gasteiger partial charge in [-0.2, -0.15) is 0 Å². The summed E-state index contributed by atoms with van der Waals surface area (Å²) in [5.41, 5.74) is 3.64. The van der Waals surface area contributed by atoms with Crippen molar-refractivity contribution in [1.82, 2.24) is 20.8 Å². The molecule has 0 fully saturated rings. The zero-order chi connectivity index (χ0) is 15.9. The molecular weight excluding hydrogens is 330 g/mol. The van der Waals surface area contributed by atoms with Crippen LogP contribution in [0.1, 0.15) is 6.92 Å². The van der Waals surface area contributed by atoms with Crippen LogP contribution in [-0.4, -0.2) is 45.9 Å². The van der Waals surface area contributed by atoms with E-state index in [0.717, 1.165) is 0 Å². The zero-order valence-electron chi connectivity index (χ0n) is 10.9. The molecule has 0 amide bonds. The van der Waals surface area contributed by atoms with Crippen molar-refractivity contribution in [1.29, 1.82) is 0 Å². The van der Waals surface area contributed by atoms with Gasteiger partial charge in [-0.1, -0.05) is 0 Å². The Balaban J connectivity index is 2.64. The molecular formula is C7H18N4O8P2. The molecule has 0 aliphatic rings. The van der Waals surface area contributed by atoms with E-state index in [1.807, 2.05) is 5.64 Å². The molecule has 2 atom stereocenters. The zero-order valence-corrected chi connectivity index (χ0v) is 12.8. The van der Waals surface area contributed by atoms with Crippen molar-refractivity contribution in [3.8, 4) is 0 Å². The summed E-state index contributed by atoms with van der Waals surface area (Å²) in [6, 6.07) is 0. The normalized spacial score (nSPS) is 17.4. The average molecular weight is 348 g/mol. The molecule has 0 saturated carbocycles. The third-order valence-electron chi connectivity index (χ3n) is 2.23. The number of nitrogens with one attached hydrogen (secondary N) is 2. The summed E-state index contributed by atoms with van der Waals surface area (Å²) in [7, 11) is -8.14. The van der Waals surface area contributed by atoms with Crippen molar-refractivity contribution >= 4 is 16.3 Å². The third kappa shape index (κ3) is 5.42. The number of hydrogen-bond donors (Lipinski definition) is 7. The van der Waals surface area contributed by atoms with Gasteiger partial charge in [0.15, 0.2) is 0 Å². The molecule has 21 heavy (non-hydrogen) atoms. The third-order valence-corrected chi connectivity index (χ3v) is 5.95. The van der Waals surface area contributed by atoms with Gasteiger partial charge >= 0.3 is 120 Å². The van der Waals surface area contributed by atoms with Crippen LogP contribution in [0.3, 0.4) is 0 Å². The molecule has 1 aromatic heterocycles. The molecule has 0 aliphatic heterocycles. The van der Waals surface area contributed by atoms with Crippen LogP contribution in [0.15, 0.2) is 18.7 Å².